The number of anilines is 2. The van der Waals surface area contributed by atoms with Crippen LogP contribution >= 0.6 is 11.3 Å². The number of sulfonamides is 1. The number of para-hydroxylation sites is 1. The molecule has 0 N–H and O–H groups in total. The molecule has 1 amide bonds. The van der Waals surface area contributed by atoms with Crippen molar-refractivity contribution in [2.75, 3.05) is 23.0 Å². The maximum atomic E-state index is 13.8. The first kappa shape index (κ1) is 27.6. The molecule has 6 rings (SSSR count). The van der Waals surface area contributed by atoms with Gasteiger partial charge in [0.25, 0.3) is 15.9 Å². The minimum absolute atomic E-state index is 0.125. The second kappa shape index (κ2) is 11.4. The van der Waals surface area contributed by atoms with E-state index >= 15 is 0 Å². The molecule has 0 fully saturated rings. The maximum absolute atomic E-state index is 13.8. The Morgan fingerprint density at radius 1 is 1.02 bits per heavy atom. The number of amides is 1. The maximum Gasteiger partial charge on any atom is 0.280 e. The van der Waals surface area contributed by atoms with Crippen LogP contribution in [0.15, 0.2) is 101 Å². The van der Waals surface area contributed by atoms with Crippen LogP contribution in [0.2, 0.25) is 0 Å². The van der Waals surface area contributed by atoms with Crippen molar-refractivity contribution in [2.24, 2.45) is 5.10 Å². The van der Waals surface area contributed by atoms with E-state index in [4.69, 9.17) is 4.74 Å². The molecule has 4 aromatic carbocycles. The zero-order chi connectivity index (χ0) is 29.3. The molecule has 0 unspecified atom stereocenters. The van der Waals surface area contributed by atoms with Gasteiger partial charge in [-0.3, -0.25) is 9.10 Å². The largest absolute Gasteiger partial charge is 0.497 e. The highest BCUT2D eigenvalue weighted by atomic mass is 32.2. The Kier molecular flexibility index (Phi) is 7.49. The molecule has 1 aliphatic heterocycles. The summed E-state index contributed by atoms with van der Waals surface area (Å²) in [4.78, 5) is 18.6. The molecule has 0 bridgehead atoms. The molecule has 2 heterocycles. The van der Waals surface area contributed by atoms with Gasteiger partial charge in [-0.1, -0.05) is 35.6 Å². The molecule has 8 nitrogen and oxygen atoms in total. The summed E-state index contributed by atoms with van der Waals surface area (Å²) >= 11 is 1.36. The molecule has 5 aromatic rings. The summed E-state index contributed by atoms with van der Waals surface area (Å²) in [6, 6.07) is 26.8. The topological polar surface area (TPSA) is 92.2 Å². The highest BCUT2D eigenvalue weighted by Gasteiger charge is 2.29. The summed E-state index contributed by atoms with van der Waals surface area (Å²) in [6.07, 6.45) is 3.17. The molecule has 0 radical (unpaired) electrons. The van der Waals surface area contributed by atoms with Gasteiger partial charge in [-0.05, 0) is 103 Å². The first-order valence-electron chi connectivity index (χ1n) is 13.4. The Labute approximate surface area is 248 Å². The fourth-order valence-electron chi connectivity index (χ4n) is 4.88. The van der Waals surface area contributed by atoms with E-state index in [-0.39, 0.29) is 10.5 Å². The van der Waals surface area contributed by atoms with Crippen LogP contribution in [0.1, 0.15) is 33.5 Å². The Morgan fingerprint density at radius 2 is 1.79 bits per heavy atom. The van der Waals surface area contributed by atoms with Gasteiger partial charge in [0.2, 0.25) is 5.13 Å². The van der Waals surface area contributed by atoms with Gasteiger partial charge in [0.15, 0.2) is 0 Å². The van der Waals surface area contributed by atoms with Gasteiger partial charge in [-0.25, -0.2) is 13.4 Å². The van der Waals surface area contributed by atoms with Crippen molar-refractivity contribution in [2.45, 2.75) is 24.7 Å². The van der Waals surface area contributed by atoms with E-state index in [0.29, 0.717) is 23.1 Å². The summed E-state index contributed by atoms with van der Waals surface area (Å²) in [5.74, 6) is 0.285. The van der Waals surface area contributed by atoms with Crippen molar-refractivity contribution in [3.05, 3.63) is 113 Å². The first-order valence-corrected chi connectivity index (χ1v) is 15.7. The molecule has 1 aromatic heterocycles. The fraction of sp³-hybridized carbons (Fsp3) is 0.156. The second-order valence-electron chi connectivity index (χ2n) is 9.94. The number of rotatable bonds is 7. The molecular weight excluding hydrogens is 569 g/mol. The van der Waals surface area contributed by atoms with E-state index in [2.05, 4.69) is 10.1 Å². The monoisotopic (exact) mass is 596 g/mol. The van der Waals surface area contributed by atoms with E-state index in [9.17, 15) is 13.2 Å². The van der Waals surface area contributed by atoms with Crippen LogP contribution in [0.25, 0.3) is 10.2 Å². The minimum Gasteiger partial charge on any atom is -0.497 e. The highest BCUT2D eigenvalue weighted by Crippen LogP contribution is 2.33. The molecular formula is C32H28N4O4S2. The third-order valence-electron chi connectivity index (χ3n) is 7.10. The summed E-state index contributed by atoms with van der Waals surface area (Å²) < 4.78 is 34.8. The van der Waals surface area contributed by atoms with Gasteiger partial charge in [0.1, 0.15) is 5.75 Å². The Balaban J connectivity index is 1.33. The number of aromatic nitrogens is 1. The number of methoxy groups -OCH3 is 1. The standard InChI is InChI=1S/C32H28N4O4S2/c1-22-9-18-28-30(20-22)41-32(34-28)36(33-21-23-10-14-26(40-2)15-11-23)31(37)25-12-16-27(17-13-25)42(38,39)35-19-5-7-24-6-3-4-8-29(24)35/h3-4,6,8-18,20-21H,5,7,19H2,1-2H3/b33-21+. The number of fused-ring (bicyclic) bond motifs is 2. The van der Waals surface area contributed by atoms with Crippen LogP contribution in [-0.2, 0) is 16.4 Å². The van der Waals surface area contributed by atoms with Crippen molar-refractivity contribution in [1.29, 1.82) is 0 Å². The van der Waals surface area contributed by atoms with Crippen LogP contribution in [0.3, 0.4) is 0 Å². The lowest BCUT2D eigenvalue weighted by Crippen LogP contribution is -2.35. The summed E-state index contributed by atoms with van der Waals surface area (Å²) in [6.45, 7) is 2.41. The van der Waals surface area contributed by atoms with Crippen LogP contribution in [0.5, 0.6) is 5.75 Å². The van der Waals surface area contributed by atoms with Gasteiger partial charge in [-0.15, -0.1) is 0 Å². The predicted molar refractivity (Wildman–Crippen MR) is 167 cm³/mol. The van der Waals surface area contributed by atoms with E-state index < -0.39 is 15.9 Å². The summed E-state index contributed by atoms with van der Waals surface area (Å²) in [7, 11) is -2.21. The number of ether oxygens (including phenoxy) is 1. The number of thiazole rings is 1. The Hall–Kier alpha value is -4.54. The molecule has 0 aliphatic carbocycles. The number of carbonyl (C=O) groups excluding carboxylic acids is 1. The smallest absolute Gasteiger partial charge is 0.280 e. The van der Waals surface area contributed by atoms with Gasteiger partial charge in [-0.2, -0.15) is 10.1 Å². The average Bonchev–Trinajstić information content (AvgIpc) is 3.44. The molecule has 42 heavy (non-hydrogen) atoms. The number of nitrogens with zero attached hydrogens (tertiary/aromatic N) is 4. The fourth-order valence-corrected chi connectivity index (χ4v) is 7.44. The highest BCUT2D eigenvalue weighted by molar-refractivity contribution is 7.92. The number of carbonyl (C=O) groups is 1. The number of benzene rings is 4. The normalized spacial score (nSPS) is 13.3. The Bertz CT molecular complexity index is 1900. The Morgan fingerprint density at radius 3 is 2.55 bits per heavy atom. The van der Waals surface area contributed by atoms with E-state index in [1.807, 2.05) is 73.7 Å². The quantitative estimate of drug-likeness (QED) is 0.159. The molecule has 10 heteroatoms. The third-order valence-corrected chi connectivity index (χ3v) is 9.92. The van der Waals surface area contributed by atoms with Crippen molar-refractivity contribution in [1.82, 2.24) is 4.98 Å². The lowest BCUT2D eigenvalue weighted by atomic mass is 10.0. The molecule has 0 atom stereocenters. The van der Waals surface area contributed by atoms with Gasteiger partial charge in [0, 0.05) is 12.1 Å². The van der Waals surface area contributed by atoms with E-state index in [1.54, 1.807) is 13.3 Å². The predicted octanol–water partition coefficient (Wildman–Crippen LogP) is 6.44. The zero-order valence-corrected chi connectivity index (χ0v) is 24.7. The summed E-state index contributed by atoms with van der Waals surface area (Å²) in [5.41, 5.74) is 4.63. The number of hydrazone groups is 1. The SMILES string of the molecule is COc1ccc(/C=N/N(C(=O)c2ccc(S(=O)(=O)N3CCCc4ccccc43)cc2)c2nc3ccc(C)cc3s2)cc1. The minimum atomic E-state index is -3.81. The number of hydrogen-bond donors (Lipinski definition) is 0. The number of aryl methyl sites for hydroxylation is 2. The van der Waals surface area contributed by atoms with Crippen molar-refractivity contribution >= 4 is 54.5 Å². The van der Waals surface area contributed by atoms with Crippen molar-refractivity contribution < 1.29 is 17.9 Å². The van der Waals surface area contributed by atoms with Gasteiger partial charge in [0.05, 0.1) is 34.1 Å². The van der Waals surface area contributed by atoms with E-state index in [1.165, 1.54) is 44.9 Å². The van der Waals surface area contributed by atoms with Crippen LogP contribution in [0.4, 0.5) is 10.8 Å². The molecule has 212 valence electrons. The lowest BCUT2D eigenvalue weighted by molar-refractivity contribution is 0.0987. The van der Waals surface area contributed by atoms with Crippen LogP contribution < -0.4 is 14.1 Å². The molecule has 0 spiro atoms. The third kappa shape index (κ3) is 5.38. The van der Waals surface area contributed by atoms with Crippen molar-refractivity contribution in [3.63, 3.8) is 0 Å². The number of hydrogen-bond acceptors (Lipinski definition) is 7. The summed E-state index contributed by atoms with van der Waals surface area (Å²) in [5, 5.41) is 6.19. The lowest BCUT2D eigenvalue weighted by Gasteiger charge is -2.30. The first-order chi connectivity index (χ1) is 20.3. The molecule has 0 saturated heterocycles. The van der Waals surface area contributed by atoms with Crippen LogP contribution in [-0.4, -0.2) is 39.2 Å². The average molecular weight is 597 g/mol. The van der Waals surface area contributed by atoms with E-state index in [0.717, 1.165) is 39.7 Å². The molecule has 0 saturated carbocycles. The van der Waals surface area contributed by atoms with Crippen LogP contribution in [0, 0.1) is 6.92 Å². The molecule has 1 aliphatic rings. The second-order valence-corrected chi connectivity index (χ2v) is 12.8. The van der Waals surface area contributed by atoms with Crippen molar-refractivity contribution in [3.8, 4) is 5.75 Å². The van der Waals surface area contributed by atoms with Gasteiger partial charge < -0.3 is 4.74 Å². The van der Waals surface area contributed by atoms with Gasteiger partial charge >= 0.3 is 0 Å². The zero-order valence-electron chi connectivity index (χ0n) is 23.1.